The molecule has 0 atom stereocenters. The lowest BCUT2D eigenvalue weighted by Crippen LogP contribution is -2.35. The average molecular weight is 214 g/mol. The molecule has 0 radical (unpaired) electrons. The Labute approximate surface area is 87.5 Å². The van der Waals surface area contributed by atoms with Gasteiger partial charge in [0.05, 0.1) is 5.41 Å². The maximum atomic E-state index is 11.2. The number of carbonyl (C=O) groups is 1. The number of halogens is 1. The molecule has 76 valence electrons. The molecule has 0 spiro atoms. The second-order valence-electron chi connectivity index (χ2n) is 3.65. The van der Waals surface area contributed by atoms with Gasteiger partial charge in [0.25, 0.3) is 0 Å². The van der Waals surface area contributed by atoms with E-state index >= 15 is 0 Å². The highest BCUT2D eigenvalue weighted by Crippen LogP contribution is 2.32. The van der Waals surface area contributed by atoms with Crippen LogP contribution in [0, 0.1) is 0 Å². The van der Waals surface area contributed by atoms with Crippen LogP contribution in [0.2, 0.25) is 5.02 Å². The van der Waals surface area contributed by atoms with Crippen molar-refractivity contribution in [2.24, 2.45) is 5.73 Å². The van der Waals surface area contributed by atoms with Crippen LogP contribution in [0.25, 0.3) is 0 Å². The predicted molar refractivity (Wildman–Crippen MR) is 55.3 cm³/mol. The zero-order valence-corrected chi connectivity index (χ0v) is 8.80. The van der Waals surface area contributed by atoms with E-state index in [0.29, 0.717) is 10.6 Å². The van der Waals surface area contributed by atoms with Crippen LogP contribution in [0.15, 0.2) is 18.2 Å². The minimum Gasteiger partial charge on any atom is -0.508 e. The monoisotopic (exact) mass is 213 g/mol. The molecule has 0 bridgehead atoms. The summed E-state index contributed by atoms with van der Waals surface area (Å²) in [5, 5.41) is 10.0. The van der Waals surface area contributed by atoms with E-state index in [9.17, 15) is 9.90 Å². The van der Waals surface area contributed by atoms with Crippen molar-refractivity contribution >= 4 is 17.5 Å². The van der Waals surface area contributed by atoms with Crippen molar-refractivity contribution < 1.29 is 9.90 Å². The van der Waals surface area contributed by atoms with Gasteiger partial charge in [-0.05, 0) is 32.0 Å². The third kappa shape index (κ3) is 1.82. The molecule has 1 aromatic rings. The lowest BCUT2D eigenvalue weighted by molar-refractivity contribution is -0.122. The van der Waals surface area contributed by atoms with E-state index in [1.807, 2.05) is 0 Å². The number of phenols is 1. The number of hydrogen-bond acceptors (Lipinski definition) is 2. The number of nitrogens with two attached hydrogens (primary N) is 1. The number of carbonyl (C=O) groups excluding carboxylic acids is 1. The number of amides is 1. The van der Waals surface area contributed by atoms with Crippen LogP contribution in [0.4, 0.5) is 0 Å². The first-order chi connectivity index (χ1) is 6.35. The summed E-state index contributed by atoms with van der Waals surface area (Å²) in [5.74, 6) is -0.478. The van der Waals surface area contributed by atoms with Crippen molar-refractivity contribution in [1.82, 2.24) is 0 Å². The second-order valence-corrected chi connectivity index (χ2v) is 4.09. The van der Waals surface area contributed by atoms with Gasteiger partial charge in [-0.1, -0.05) is 11.6 Å². The molecule has 1 rings (SSSR count). The summed E-state index contributed by atoms with van der Waals surface area (Å²) < 4.78 is 0. The van der Waals surface area contributed by atoms with Crippen LogP contribution in [0.5, 0.6) is 5.75 Å². The van der Waals surface area contributed by atoms with Gasteiger partial charge in [-0.3, -0.25) is 4.79 Å². The molecule has 0 fully saturated rings. The summed E-state index contributed by atoms with van der Waals surface area (Å²) in [6.45, 7) is 3.28. The molecule has 0 saturated heterocycles. The molecule has 0 unspecified atom stereocenters. The molecule has 1 aromatic carbocycles. The molecule has 0 aliphatic rings. The minimum atomic E-state index is -0.922. The van der Waals surface area contributed by atoms with Crippen molar-refractivity contribution in [1.29, 1.82) is 0 Å². The molecule has 0 aliphatic carbocycles. The van der Waals surface area contributed by atoms with Crippen LogP contribution >= 0.6 is 11.6 Å². The Balaban J connectivity index is 3.31. The van der Waals surface area contributed by atoms with Gasteiger partial charge >= 0.3 is 0 Å². The van der Waals surface area contributed by atoms with Crippen molar-refractivity contribution in [2.45, 2.75) is 19.3 Å². The van der Waals surface area contributed by atoms with Gasteiger partial charge in [0.2, 0.25) is 5.91 Å². The number of benzene rings is 1. The maximum Gasteiger partial charge on any atom is 0.227 e. The van der Waals surface area contributed by atoms with E-state index in [1.165, 1.54) is 6.07 Å². The molecule has 3 N–H and O–H groups in total. The van der Waals surface area contributed by atoms with Gasteiger partial charge in [-0.25, -0.2) is 0 Å². The van der Waals surface area contributed by atoms with E-state index in [1.54, 1.807) is 26.0 Å². The molecule has 3 nitrogen and oxygen atoms in total. The lowest BCUT2D eigenvalue weighted by atomic mass is 9.83. The Morgan fingerprint density at radius 2 is 2.07 bits per heavy atom. The predicted octanol–water partition coefficient (Wildman–Crippen LogP) is 1.81. The van der Waals surface area contributed by atoms with E-state index in [0.717, 1.165) is 0 Å². The van der Waals surface area contributed by atoms with Crippen LogP contribution < -0.4 is 5.73 Å². The third-order valence-corrected chi connectivity index (χ3v) is 2.48. The summed E-state index contributed by atoms with van der Waals surface area (Å²) in [5.41, 5.74) is 4.75. The van der Waals surface area contributed by atoms with Crippen LogP contribution in [-0.4, -0.2) is 11.0 Å². The maximum absolute atomic E-state index is 11.2. The molecule has 1 amide bonds. The van der Waals surface area contributed by atoms with Gasteiger partial charge in [-0.2, -0.15) is 0 Å². The van der Waals surface area contributed by atoms with E-state index in [2.05, 4.69) is 0 Å². The highest BCUT2D eigenvalue weighted by atomic mass is 35.5. The second kappa shape index (κ2) is 3.50. The van der Waals surface area contributed by atoms with Crippen LogP contribution in [-0.2, 0) is 10.2 Å². The standard InChI is InChI=1S/C10H12ClNO2/c1-10(2,9(12)14)7-5-6(11)3-4-8(7)13/h3-5,13H,1-2H3,(H2,12,14). The smallest absolute Gasteiger partial charge is 0.227 e. The highest BCUT2D eigenvalue weighted by Gasteiger charge is 2.30. The molecular formula is C10H12ClNO2. The Kier molecular flexibility index (Phi) is 2.71. The Morgan fingerprint density at radius 3 is 2.57 bits per heavy atom. The van der Waals surface area contributed by atoms with Crippen LogP contribution in [0.3, 0.4) is 0 Å². The van der Waals surface area contributed by atoms with Crippen LogP contribution in [0.1, 0.15) is 19.4 Å². The van der Waals surface area contributed by atoms with Crippen molar-refractivity contribution in [3.05, 3.63) is 28.8 Å². The van der Waals surface area contributed by atoms with E-state index < -0.39 is 11.3 Å². The largest absolute Gasteiger partial charge is 0.508 e. The zero-order chi connectivity index (χ0) is 10.9. The van der Waals surface area contributed by atoms with Gasteiger partial charge < -0.3 is 10.8 Å². The summed E-state index contributed by atoms with van der Waals surface area (Å²) in [4.78, 5) is 11.2. The number of primary amides is 1. The van der Waals surface area contributed by atoms with Crippen molar-refractivity contribution in [2.75, 3.05) is 0 Å². The number of hydrogen-bond donors (Lipinski definition) is 2. The summed E-state index contributed by atoms with van der Waals surface area (Å²) >= 11 is 5.76. The fraction of sp³-hybridized carbons (Fsp3) is 0.300. The average Bonchev–Trinajstić information content (AvgIpc) is 2.08. The first-order valence-corrected chi connectivity index (χ1v) is 4.52. The molecule has 4 heteroatoms. The molecule has 0 aliphatic heterocycles. The summed E-state index contributed by atoms with van der Waals surface area (Å²) in [6, 6.07) is 4.54. The van der Waals surface area contributed by atoms with Gasteiger partial charge in [0, 0.05) is 10.6 Å². The highest BCUT2D eigenvalue weighted by molar-refractivity contribution is 6.30. The lowest BCUT2D eigenvalue weighted by Gasteiger charge is -2.22. The molecule has 0 aromatic heterocycles. The minimum absolute atomic E-state index is 0.0261. The topological polar surface area (TPSA) is 63.3 Å². The number of rotatable bonds is 2. The fourth-order valence-corrected chi connectivity index (χ4v) is 1.31. The molecule has 0 saturated carbocycles. The van der Waals surface area contributed by atoms with Crippen molar-refractivity contribution in [3.63, 3.8) is 0 Å². The Bertz CT molecular complexity index is 374. The van der Waals surface area contributed by atoms with Crippen molar-refractivity contribution in [3.8, 4) is 5.75 Å². The SMILES string of the molecule is CC(C)(C(N)=O)c1cc(Cl)ccc1O. The quantitative estimate of drug-likeness (QED) is 0.787. The molecule has 0 heterocycles. The first kappa shape index (κ1) is 10.9. The molecular weight excluding hydrogens is 202 g/mol. The summed E-state index contributed by atoms with van der Waals surface area (Å²) in [7, 11) is 0. The first-order valence-electron chi connectivity index (χ1n) is 4.14. The Morgan fingerprint density at radius 1 is 1.50 bits per heavy atom. The van der Waals surface area contributed by atoms with E-state index in [-0.39, 0.29) is 5.75 Å². The zero-order valence-electron chi connectivity index (χ0n) is 8.04. The van der Waals surface area contributed by atoms with Gasteiger partial charge in [0.15, 0.2) is 0 Å². The van der Waals surface area contributed by atoms with E-state index in [4.69, 9.17) is 17.3 Å². The van der Waals surface area contributed by atoms with Gasteiger partial charge in [-0.15, -0.1) is 0 Å². The Hall–Kier alpha value is -1.22. The van der Waals surface area contributed by atoms with Gasteiger partial charge in [0.1, 0.15) is 5.75 Å². The molecule has 14 heavy (non-hydrogen) atoms. The third-order valence-electron chi connectivity index (χ3n) is 2.25. The number of phenolic OH excluding ortho intramolecular Hbond substituents is 1. The summed E-state index contributed by atoms with van der Waals surface area (Å²) in [6.07, 6.45) is 0. The normalized spacial score (nSPS) is 11.4. The fourth-order valence-electron chi connectivity index (χ4n) is 1.14. The number of aromatic hydroxyl groups is 1.